The van der Waals surface area contributed by atoms with Gasteiger partial charge in [-0.3, -0.25) is 4.79 Å². The number of anilines is 1. The van der Waals surface area contributed by atoms with Crippen LogP contribution in [0.1, 0.15) is 12.8 Å². The van der Waals surface area contributed by atoms with Crippen LogP contribution >= 0.6 is 23.7 Å². The van der Waals surface area contributed by atoms with E-state index >= 15 is 0 Å². The molecule has 0 bridgehead atoms. The van der Waals surface area contributed by atoms with Gasteiger partial charge < -0.3 is 25.0 Å². The Morgan fingerprint density at radius 2 is 1.94 bits per heavy atom. The van der Waals surface area contributed by atoms with Crippen molar-refractivity contribution in [3.63, 3.8) is 0 Å². The molecule has 32 heavy (non-hydrogen) atoms. The molecule has 3 heterocycles. The molecule has 0 radical (unpaired) electrons. The highest BCUT2D eigenvalue weighted by molar-refractivity contribution is 7.14. The van der Waals surface area contributed by atoms with Crippen molar-refractivity contribution in [3.8, 4) is 17.0 Å². The maximum absolute atomic E-state index is 14.6. The fourth-order valence-corrected chi connectivity index (χ4v) is 4.69. The summed E-state index contributed by atoms with van der Waals surface area (Å²) in [4.78, 5) is 20.9. The van der Waals surface area contributed by atoms with Crippen LogP contribution in [0.3, 0.4) is 0 Å². The van der Waals surface area contributed by atoms with Gasteiger partial charge in [0.2, 0.25) is 5.82 Å². The van der Waals surface area contributed by atoms with Gasteiger partial charge in [0.05, 0.1) is 18.9 Å². The molecule has 0 aliphatic carbocycles. The first kappa shape index (κ1) is 24.6. The maximum atomic E-state index is 14.6. The summed E-state index contributed by atoms with van der Waals surface area (Å²) in [6.07, 6.45) is 1.68. The number of halogens is 3. The molecule has 1 amide bonds. The first-order chi connectivity index (χ1) is 15.1. The first-order valence-electron chi connectivity index (χ1n) is 10.4. The van der Waals surface area contributed by atoms with Gasteiger partial charge in [-0.25, -0.2) is 9.37 Å². The van der Waals surface area contributed by atoms with Crippen LogP contribution in [0, 0.1) is 17.6 Å². The van der Waals surface area contributed by atoms with E-state index in [0.717, 1.165) is 37.1 Å². The van der Waals surface area contributed by atoms with E-state index in [2.05, 4.69) is 9.88 Å². The number of piperidine rings is 1. The molecular formula is C21H27ClF2N4O3S. The molecular weight excluding hydrogens is 462 g/mol. The van der Waals surface area contributed by atoms with Crippen LogP contribution in [0.4, 0.5) is 13.9 Å². The van der Waals surface area contributed by atoms with Gasteiger partial charge in [-0.05, 0) is 37.4 Å². The summed E-state index contributed by atoms with van der Waals surface area (Å²) in [6, 6.07) is 2.48. The van der Waals surface area contributed by atoms with Gasteiger partial charge in [-0.15, -0.1) is 23.7 Å². The number of likely N-dealkylation sites (tertiary alicyclic amines) is 1. The highest BCUT2D eigenvalue weighted by Gasteiger charge is 2.25. The number of nitrogens with zero attached hydrogens (tertiary/aromatic N) is 3. The highest BCUT2D eigenvalue weighted by Crippen LogP contribution is 2.36. The molecule has 0 spiro atoms. The summed E-state index contributed by atoms with van der Waals surface area (Å²) in [6.45, 7) is 4.14. The van der Waals surface area contributed by atoms with E-state index < -0.39 is 11.6 Å². The van der Waals surface area contributed by atoms with Crippen molar-refractivity contribution in [1.29, 1.82) is 0 Å². The van der Waals surface area contributed by atoms with Gasteiger partial charge in [0.25, 0.3) is 5.91 Å². The van der Waals surface area contributed by atoms with Crippen LogP contribution in [-0.4, -0.2) is 68.3 Å². The third kappa shape index (κ3) is 5.48. The molecule has 2 aliphatic heterocycles. The number of benzene rings is 1. The third-order valence-corrected chi connectivity index (χ3v) is 6.64. The van der Waals surface area contributed by atoms with Gasteiger partial charge in [-0.1, -0.05) is 0 Å². The highest BCUT2D eigenvalue weighted by atomic mass is 35.5. The molecule has 0 atom stereocenters. The second-order valence-corrected chi connectivity index (χ2v) is 8.54. The smallest absolute Gasteiger partial charge is 0.260 e. The summed E-state index contributed by atoms with van der Waals surface area (Å²) in [5, 5.41) is 2.57. The Hall–Kier alpha value is -2.01. The van der Waals surface area contributed by atoms with Gasteiger partial charge in [0.15, 0.2) is 23.3 Å². The second-order valence-electron chi connectivity index (χ2n) is 7.70. The zero-order valence-corrected chi connectivity index (χ0v) is 19.2. The summed E-state index contributed by atoms with van der Waals surface area (Å²) in [5.74, 6) is -2.27. The fourth-order valence-electron chi connectivity index (χ4n) is 3.81. The third-order valence-electron chi connectivity index (χ3n) is 5.74. The Kier molecular flexibility index (Phi) is 8.64. The molecule has 11 heteroatoms. The van der Waals surface area contributed by atoms with Crippen molar-refractivity contribution < 1.29 is 23.0 Å². The zero-order valence-electron chi connectivity index (χ0n) is 17.6. The van der Waals surface area contributed by atoms with Crippen LogP contribution < -0.4 is 15.4 Å². The summed E-state index contributed by atoms with van der Waals surface area (Å²) >= 11 is 1.42. The van der Waals surface area contributed by atoms with Gasteiger partial charge in [0.1, 0.15) is 0 Å². The predicted molar refractivity (Wildman–Crippen MR) is 122 cm³/mol. The Morgan fingerprint density at radius 3 is 2.62 bits per heavy atom. The van der Waals surface area contributed by atoms with Crippen LogP contribution in [0.15, 0.2) is 17.5 Å². The molecule has 2 saturated heterocycles. The molecule has 7 nitrogen and oxygen atoms in total. The van der Waals surface area contributed by atoms with E-state index in [9.17, 15) is 13.6 Å². The molecule has 176 valence electrons. The van der Waals surface area contributed by atoms with E-state index in [1.54, 1.807) is 10.3 Å². The standard InChI is InChI=1S/C21H26F2N4O3S.ClH/c22-16-2-1-15(17-13-31-21(25-17)27-7-9-29-10-8-27)20(19(16)23)30-12-18(28)26-5-3-14(11-24)4-6-26;/h1-2,13-14H,3-12,24H2;1H. The van der Waals surface area contributed by atoms with Crippen molar-refractivity contribution in [2.45, 2.75) is 12.8 Å². The second kappa shape index (κ2) is 11.2. The minimum Gasteiger partial charge on any atom is -0.480 e. The van der Waals surface area contributed by atoms with Crippen molar-refractivity contribution in [1.82, 2.24) is 9.88 Å². The van der Waals surface area contributed by atoms with E-state index in [1.807, 2.05) is 0 Å². The van der Waals surface area contributed by atoms with Gasteiger partial charge >= 0.3 is 0 Å². The number of carbonyl (C=O) groups is 1. The number of carbonyl (C=O) groups excluding carboxylic acids is 1. The van der Waals surface area contributed by atoms with Gasteiger partial charge in [0, 0.05) is 37.1 Å². The number of rotatable bonds is 6. The number of nitrogens with two attached hydrogens (primary N) is 1. The molecule has 2 aliphatic rings. The summed E-state index contributed by atoms with van der Waals surface area (Å²) in [7, 11) is 0. The summed E-state index contributed by atoms with van der Waals surface area (Å²) in [5.41, 5.74) is 6.50. The van der Waals surface area contributed by atoms with Crippen LogP contribution in [0.2, 0.25) is 0 Å². The maximum Gasteiger partial charge on any atom is 0.260 e. The molecule has 1 aromatic heterocycles. The molecule has 4 rings (SSSR count). The van der Waals surface area contributed by atoms with E-state index in [-0.39, 0.29) is 30.7 Å². The molecule has 0 saturated carbocycles. The monoisotopic (exact) mass is 488 g/mol. The van der Waals surface area contributed by atoms with E-state index in [4.69, 9.17) is 15.2 Å². The SMILES string of the molecule is Cl.NCC1CCN(C(=O)COc2c(-c3csc(N4CCOCC4)n3)ccc(F)c2F)CC1. The topological polar surface area (TPSA) is 80.9 Å². The molecule has 2 N–H and O–H groups in total. The number of thiazole rings is 1. The van der Waals surface area contributed by atoms with Crippen LogP contribution in [0.5, 0.6) is 5.75 Å². The number of morpholine rings is 1. The lowest BCUT2D eigenvalue weighted by atomic mass is 9.97. The quantitative estimate of drug-likeness (QED) is 0.673. The Balaban J connectivity index is 0.00000289. The average molecular weight is 489 g/mol. The lowest BCUT2D eigenvalue weighted by molar-refractivity contribution is -0.134. The van der Waals surface area contributed by atoms with Crippen LogP contribution in [0.25, 0.3) is 11.3 Å². The number of hydrogen-bond acceptors (Lipinski definition) is 7. The molecule has 2 fully saturated rings. The molecule has 1 aromatic carbocycles. The van der Waals surface area contributed by atoms with E-state index in [1.165, 1.54) is 17.4 Å². The van der Waals surface area contributed by atoms with Crippen molar-refractivity contribution in [3.05, 3.63) is 29.1 Å². The van der Waals surface area contributed by atoms with Crippen molar-refractivity contribution >= 4 is 34.8 Å². The molecule has 0 unspecified atom stereocenters. The number of hydrogen-bond donors (Lipinski definition) is 1. The van der Waals surface area contributed by atoms with Crippen molar-refractivity contribution in [2.24, 2.45) is 11.7 Å². The number of aromatic nitrogens is 1. The lowest BCUT2D eigenvalue weighted by Gasteiger charge is -2.31. The Morgan fingerprint density at radius 1 is 1.22 bits per heavy atom. The van der Waals surface area contributed by atoms with E-state index in [0.29, 0.717) is 50.0 Å². The van der Waals surface area contributed by atoms with Crippen LogP contribution in [-0.2, 0) is 9.53 Å². The Bertz CT molecular complexity index is 918. The fraction of sp³-hybridized carbons (Fsp3) is 0.524. The lowest BCUT2D eigenvalue weighted by Crippen LogP contribution is -2.42. The van der Waals surface area contributed by atoms with Crippen molar-refractivity contribution in [2.75, 3.05) is 57.4 Å². The molecule has 2 aromatic rings. The Labute approximate surface area is 195 Å². The minimum atomic E-state index is -1.12. The first-order valence-corrected chi connectivity index (χ1v) is 11.3. The predicted octanol–water partition coefficient (Wildman–Crippen LogP) is 2.92. The number of ether oxygens (including phenoxy) is 2. The van der Waals surface area contributed by atoms with Gasteiger partial charge in [-0.2, -0.15) is 4.39 Å². The average Bonchev–Trinajstić information content (AvgIpc) is 3.30. The largest absolute Gasteiger partial charge is 0.480 e. The normalized spacial score (nSPS) is 17.2. The zero-order chi connectivity index (χ0) is 21.8. The minimum absolute atomic E-state index is 0. The summed E-state index contributed by atoms with van der Waals surface area (Å²) < 4.78 is 39.4. The number of amides is 1.